The minimum absolute atomic E-state index is 0.156. The Bertz CT molecular complexity index is 950. The van der Waals surface area contributed by atoms with Gasteiger partial charge in [-0.25, -0.2) is 9.18 Å². The molecule has 0 bridgehead atoms. The van der Waals surface area contributed by atoms with Crippen LogP contribution in [-0.2, 0) is 14.3 Å². The number of carbonyl (C=O) groups is 2. The summed E-state index contributed by atoms with van der Waals surface area (Å²) in [6, 6.07) is 4.63. The molecule has 0 radical (unpaired) electrons. The molecule has 1 N–H and O–H groups in total. The predicted octanol–water partition coefficient (Wildman–Crippen LogP) is 2.99. The summed E-state index contributed by atoms with van der Waals surface area (Å²) in [5.41, 5.74) is -3.20. The third kappa shape index (κ3) is 1.94. The highest BCUT2D eigenvalue weighted by Crippen LogP contribution is 2.62. The van der Waals surface area contributed by atoms with Gasteiger partial charge in [-0.05, 0) is 56.0 Å². The van der Waals surface area contributed by atoms with Crippen molar-refractivity contribution in [3.8, 4) is 0 Å². The molecule has 2 aliphatic heterocycles. The molecule has 3 fully saturated rings. The minimum atomic E-state index is -1.35. The Morgan fingerprint density at radius 3 is 2.82 bits per heavy atom. The number of esters is 1. The summed E-state index contributed by atoms with van der Waals surface area (Å²) in [6.45, 7) is 3.98. The lowest BCUT2D eigenvalue weighted by atomic mass is 9.64. The molecule has 1 aromatic carbocycles. The largest absolute Gasteiger partial charge is 0.459 e. The van der Waals surface area contributed by atoms with Crippen LogP contribution in [-0.4, -0.2) is 40.6 Å². The van der Waals surface area contributed by atoms with Crippen molar-refractivity contribution in [2.75, 3.05) is 11.4 Å². The molecule has 2 heterocycles. The maximum absolute atomic E-state index is 14.5. The Hall–Kier alpha value is -1.73. The van der Waals surface area contributed by atoms with Crippen molar-refractivity contribution < 1.29 is 23.8 Å². The zero-order valence-electron chi connectivity index (χ0n) is 15.6. The van der Waals surface area contributed by atoms with Crippen molar-refractivity contribution in [2.24, 2.45) is 17.3 Å². The van der Waals surface area contributed by atoms with Crippen molar-refractivity contribution in [2.45, 2.75) is 43.9 Å². The molecule has 28 heavy (non-hydrogen) atoms. The molecule has 5 nitrogen and oxygen atoms in total. The Balaban J connectivity index is 1.59. The van der Waals surface area contributed by atoms with Crippen LogP contribution in [0.15, 0.2) is 34.8 Å². The first-order valence-electron chi connectivity index (χ1n) is 9.56. The van der Waals surface area contributed by atoms with Gasteiger partial charge in [0.2, 0.25) is 0 Å². The second-order valence-corrected chi connectivity index (χ2v) is 9.66. The van der Waals surface area contributed by atoms with Crippen LogP contribution < -0.4 is 4.90 Å². The van der Waals surface area contributed by atoms with Crippen LogP contribution in [0.1, 0.15) is 26.7 Å². The molecule has 7 heteroatoms. The summed E-state index contributed by atoms with van der Waals surface area (Å²) in [5.74, 6) is -1.50. The number of hydrogen-bond donors (Lipinski definition) is 1. The molecule has 4 aliphatic rings. The van der Waals surface area contributed by atoms with E-state index in [2.05, 4.69) is 15.9 Å². The molecule has 3 unspecified atom stereocenters. The van der Waals surface area contributed by atoms with Crippen molar-refractivity contribution in [3.63, 3.8) is 0 Å². The van der Waals surface area contributed by atoms with Gasteiger partial charge in [0, 0.05) is 10.4 Å². The number of nitrogens with zero attached hydrogens (tertiary/aromatic N) is 1. The molecular weight excluding hydrogens is 429 g/mol. The monoisotopic (exact) mass is 449 g/mol. The van der Waals surface area contributed by atoms with E-state index < -0.39 is 34.4 Å². The van der Waals surface area contributed by atoms with Gasteiger partial charge in [0.05, 0.1) is 17.6 Å². The van der Waals surface area contributed by atoms with Crippen LogP contribution in [0, 0.1) is 23.1 Å². The van der Waals surface area contributed by atoms with E-state index in [1.165, 1.54) is 12.1 Å². The quantitative estimate of drug-likeness (QED) is 0.527. The number of ketones is 1. The van der Waals surface area contributed by atoms with Gasteiger partial charge in [-0.2, -0.15) is 0 Å². The first kappa shape index (κ1) is 18.3. The normalized spacial score (nSPS) is 43.8. The molecule has 6 atom stereocenters. The van der Waals surface area contributed by atoms with E-state index >= 15 is 0 Å². The van der Waals surface area contributed by atoms with Crippen molar-refractivity contribution >= 4 is 33.4 Å². The molecule has 1 saturated carbocycles. The maximum atomic E-state index is 14.5. The van der Waals surface area contributed by atoms with Gasteiger partial charge in [-0.15, -0.1) is 0 Å². The first-order chi connectivity index (χ1) is 13.2. The number of rotatable bonds is 1. The fourth-order valence-corrected chi connectivity index (χ4v) is 6.09. The second-order valence-electron chi connectivity index (χ2n) is 8.74. The lowest BCUT2D eigenvalue weighted by Crippen LogP contribution is -2.57. The Morgan fingerprint density at radius 2 is 2.07 bits per heavy atom. The topological polar surface area (TPSA) is 66.6 Å². The van der Waals surface area contributed by atoms with Gasteiger partial charge in [0.1, 0.15) is 17.5 Å². The number of aliphatic hydroxyl groups is 1. The van der Waals surface area contributed by atoms with E-state index in [-0.39, 0.29) is 17.6 Å². The van der Waals surface area contributed by atoms with Crippen LogP contribution in [0.4, 0.5) is 10.1 Å². The summed E-state index contributed by atoms with van der Waals surface area (Å²) in [7, 11) is 0. The Morgan fingerprint density at radius 1 is 1.32 bits per heavy atom. The standard InChI is InChI=1S/C21H21BrFNO4/c1-11-3-5-13-17(19(2)16(25)7-8-21(11,19)27)28-18(26)20(13)10-24(20)15-9-12(22)4-6-14(15)23/h4,6-9,11,13,17,27H,3,5,10H2,1-2H3/t11-,13?,17?,19-,20?,21+,24?/m0/s1. The highest BCUT2D eigenvalue weighted by Gasteiger charge is 2.77. The highest BCUT2D eigenvalue weighted by atomic mass is 79.9. The van der Waals surface area contributed by atoms with Crippen LogP contribution in [0.3, 0.4) is 0 Å². The number of halogens is 2. The average Bonchev–Trinajstić information content (AvgIpc) is 3.29. The number of anilines is 1. The van der Waals surface area contributed by atoms with Gasteiger partial charge in [-0.1, -0.05) is 22.9 Å². The Kier molecular flexibility index (Phi) is 3.56. The summed E-state index contributed by atoms with van der Waals surface area (Å²) < 4.78 is 21.0. The molecule has 1 aromatic rings. The Labute approximate surface area is 170 Å². The molecule has 2 saturated heterocycles. The summed E-state index contributed by atoms with van der Waals surface area (Å²) in [6.07, 6.45) is 3.52. The highest BCUT2D eigenvalue weighted by molar-refractivity contribution is 9.10. The fourth-order valence-electron chi connectivity index (χ4n) is 5.74. The SMILES string of the molecule is C[C@H]1CCC2C(OC(=O)C23CN3c2cc(Br)ccc2F)[C@]2(C)C(=O)C=C[C@@]12O. The number of hydrogen-bond acceptors (Lipinski definition) is 5. The smallest absolute Gasteiger partial charge is 0.334 e. The molecule has 0 aromatic heterocycles. The third-order valence-electron chi connectivity index (χ3n) is 7.61. The fraction of sp³-hybridized carbons (Fsp3) is 0.524. The number of carbonyl (C=O) groups excluding carboxylic acids is 2. The average molecular weight is 450 g/mol. The van der Waals surface area contributed by atoms with Crippen LogP contribution in [0.5, 0.6) is 0 Å². The third-order valence-corrected chi connectivity index (χ3v) is 8.10. The maximum Gasteiger partial charge on any atom is 0.334 e. The number of fused-ring (bicyclic) bond motifs is 4. The van der Waals surface area contributed by atoms with Gasteiger partial charge in [0.15, 0.2) is 11.3 Å². The molecular formula is C21H21BrFNO4. The van der Waals surface area contributed by atoms with Gasteiger partial charge in [0.25, 0.3) is 0 Å². The molecule has 5 rings (SSSR count). The number of allylic oxidation sites excluding steroid dienone is 1. The van der Waals surface area contributed by atoms with Gasteiger partial charge in [-0.3, -0.25) is 4.79 Å². The van der Waals surface area contributed by atoms with Crippen molar-refractivity contribution in [1.29, 1.82) is 0 Å². The zero-order chi connectivity index (χ0) is 20.1. The molecule has 148 valence electrons. The van der Waals surface area contributed by atoms with Gasteiger partial charge < -0.3 is 14.7 Å². The number of benzene rings is 1. The first-order valence-corrected chi connectivity index (χ1v) is 10.4. The van der Waals surface area contributed by atoms with Crippen LogP contribution in [0.2, 0.25) is 0 Å². The van der Waals surface area contributed by atoms with Gasteiger partial charge >= 0.3 is 5.97 Å². The summed E-state index contributed by atoms with van der Waals surface area (Å²) in [4.78, 5) is 27.6. The lowest BCUT2D eigenvalue weighted by Gasteiger charge is -2.43. The van der Waals surface area contributed by atoms with E-state index in [9.17, 15) is 19.1 Å². The van der Waals surface area contributed by atoms with Crippen LogP contribution in [0.25, 0.3) is 0 Å². The van der Waals surface area contributed by atoms with Crippen molar-refractivity contribution in [1.82, 2.24) is 0 Å². The summed E-state index contributed by atoms with van der Waals surface area (Å²) >= 11 is 3.36. The zero-order valence-corrected chi connectivity index (χ0v) is 17.2. The van der Waals surface area contributed by atoms with Crippen molar-refractivity contribution in [3.05, 3.63) is 40.6 Å². The predicted molar refractivity (Wildman–Crippen MR) is 103 cm³/mol. The van der Waals surface area contributed by atoms with E-state index in [1.54, 1.807) is 30.0 Å². The van der Waals surface area contributed by atoms with E-state index in [1.807, 2.05) is 6.92 Å². The lowest BCUT2D eigenvalue weighted by molar-refractivity contribution is -0.166. The second kappa shape index (κ2) is 5.45. The molecule has 1 spiro atoms. The minimum Gasteiger partial charge on any atom is -0.459 e. The molecule has 0 amide bonds. The molecule has 2 aliphatic carbocycles. The van der Waals surface area contributed by atoms with E-state index in [0.717, 1.165) is 4.47 Å². The number of ether oxygens (including phenoxy) is 1. The van der Waals surface area contributed by atoms with E-state index in [0.29, 0.717) is 25.1 Å². The van der Waals surface area contributed by atoms with Crippen LogP contribution >= 0.6 is 15.9 Å². The van der Waals surface area contributed by atoms with E-state index in [4.69, 9.17) is 4.74 Å². The summed E-state index contributed by atoms with van der Waals surface area (Å²) in [5, 5.41) is 11.4.